The van der Waals surface area contributed by atoms with Gasteiger partial charge in [0.1, 0.15) is 0 Å². The van der Waals surface area contributed by atoms with E-state index in [1.54, 1.807) is 0 Å². The number of benzene rings is 1. The Labute approximate surface area is 128 Å². The Morgan fingerprint density at radius 2 is 2.05 bits per heavy atom. The first kappa shape index (κ1) is 16.3. The molecule has 0 saturated heterocycles. The van der Waals surface area contributed by atoms with Gasteiger partial charge in [-0.05, 0) is 42.9 Å². The summed E-state index contributed by atoms with van der Waals surface area (Å²) in [6.45, 7) is 5.40. The lowest BCUT2D eigenvalue weighted by Gasteiger charge is -2.27. The number of nitrogens with one attached hydrogen (secondary N) is 1. The molecule has 0 aliphatic heterocycles. The van der Waals surface area contributed by atoms with Crippen LogP contribution in [0.5, 0.6) is 0 Å². The number of hydrogen-bond donors (Lipinski definition) is 2. The van der Waals surface area contributed by atoms with Crippen LogP contribution in [0.4, 0.5) is 5.69 Å². The zero-order chi connectivity index (χ0) is 15.1. The summed E-state index contributed by atoms with van der Waals surface area (Å²) >= 11 is 0. The summed E-state index contributed by atoms with van der Waals surface area (Å²) in [4.78, 5) is 0. The van der Waals surface area contributed by atoms with E-state index in [4.69, 9.17) is 4.74 Å². The van der Waals surface area contributed by atoms with E-state index in [9.17, 15) is 5.11 Å². The van der Waals surface area contributed by atoms with E-state index in [1.165, 1.54) is 18.4 Å². The first-order valence-electron chi connectivity index (χ1n) is 8.29. The van der Waals surface area contributed by atoms with E-state index >= 15 is 0 Å². The minimum atomic E-state index is -0.451. The van der Waals surface area contributed by atoms with Gasteiger partial charge in [-0.15, -0.1) is 0 Å². The summed E-state index contributed by atoms with van der Waals surface area (Å²) in [7, 11) is 0. The Bertz CT molecular complexity index is 404. The number of ether oxygens (including phenoxy) is 1. The molecule has 1 aliphatic rings. The molecule has 0 spiro atoms. The van der Waals surface area contributed by atoms with Gasteiger partial charge in [-0.1, -0.05) is 38.8 Å². The smallest absolute Gasteiger partial charge is 0.0945 e. The Hall–Kier alpha value is -1.06. The maximum atomic E-state index is 10.0. The molecule has 1 saturated carbocycles. The third-order valence-corrected chi connectivity index (χ3v) is 4.32. The lowest BCUT2D eigenvalue weighted by atomic mass is 9.89. The second-order valence-electron chi connectivity index (χ2n) is 6.31. The molecule has 1 aromatic rings. The molecule has 3 heteroatoms. The first-order chi connectivity index (χ1) is 10.2. The van der Waals surface area contributed by atoms with Crippen LogP contribution in [0, 0.1) is 5.92 Å². The molecule has 118 valence electrons. The molecule has 2 N–H and O–H groups in total. The minimum Gasteiger partial charge on any atom is -0.389 e. The van der Waals surface area contributed by atoms with Crippen molar-refractivity contribution in [2.24, 2.45) is 5.92 Å². The first-order valence-corrected chi connectivity index (χ1v) is 8.29. The Morgan fingerprint density at radius 1 is 1.29 bits per heavy atom. The molecule has 0 bridgehead atoms. The van der Waals surface area contributed by atoms with Gasteiger partial charge in [0.2, 0.25) is 0 Å². The summed E-state index contributed by atoms with van der Waals surface area (Å²) in [6, 6.07) is 8.37. The molecule has 0 aromatic heterocycles. The third kappa shape index (κ3) is 5.68. The molecular weight excluding hydrogens is 262 g/mol. The van der Waals surface area contributed by atoms with Crippen LogP contribution < -0.4 is 5.32 Å². The average Bonchev–Trinajstić information content (AvgIpc) is 2.51. The SMILES string of the molecule is CCc1ccc(NCC(O)COC2CCCC(C)C2)cc1. The van der Waals surface area contributed by atoms with Crippen molar-refractivity contribution in [2.75, 3.05) is 18.5 Å². The Morgan fingerprint density at radius 3 is 2.71 bits per heavy atom. The molecule has 2 rings (SSSR count). The van der Waals surface area contributed by atoms with Crippen molar-refractivity contribution in [3.63, 3.8) is 0 Å². The third-order valence-electron chi connectivity index (χ3n) is 4.32. The lowest BCUT2D eigenvalue weighted by Crippen LogP contribution is -2.30. The summed E-state index contributed by atoms with van der Waals surface area (Å²) in [5.74, 6) is 0.760. The van der Waals surface area contributed by atoms with Gasteiger partial charge in [-0.2, -0.15) is 0 Å². The van der Waals surface area contributed by atoms with Gasteiger partial charge in [0, 0.05) is 12.2 Å². The van der Waals surface area contributed by atoms with Crippen LogP contribution in [0.2, 0.25) is 0 Å². The molecule has 3 unspecified atom stereocenters. The van der Waals surface area contributed by atoms with Crippen LogP contribution in [0.25, 0.3) is 0 Å². The fourth-order valence-corrected chi connectivity index (χ4v) is 2.93. The quantitative estimate of drug-likeness (QED) is 0.806. The summed E-state index contributed by atoms with van der Waals surface area (Å²) in [5.41, 5.74) is 2.38. The molecule has 1 aliphatic carbocycles. The van der Waals surface area contributed by atoms with Gasteiger partial charge in [-0.3, -0.25) is 0 Å². The van der Waals surface area contributed by atoms with Gasteiger partial charge >= 0.3 is 0 Å². The molecular formula is C18H29NO2. The van der Waals surface area contributed by atoms with Crippen molar-refractivity contribution in [2.45, 2.75) is 58.2 Å². The van der Waals surface area contributed by atoms with Crippen molar-refractivity contribution in [3.05, 3.63) is 29.8 Å². The number of rotatable bonds is 7. The molecule has 1 fully saturated rings. The highest BCUT2D eigenvalue weighted by molar-refractivity contribution is 5.44. The van der Waals surface area contributed by atoms with Crippen molar-refractivity contribution in [1.82, 2.24) is 0 Å². The van der Waals surface area contributed by atoms with Gasteiger partial charge in [-0.25, -0.2) is 0 Å². The van der Waals surface area contributed by atoms with Crippen LogP contribution >= 0.6 is 0 Å². The fraction of sp³-hybridized carbons (Fsp3) is 0.667. The predicted octanol–water partition coefficient (Wildman–Crippen LogP) is 3.62. The highest BCUT2D eigenvalue weighted by atomic mass is 16.5. The predicted molar refractivity (Wildman–Crippen MR) is 87.7 cm³/mol. The van der Waals surface area contributed by atoms with Gasteiger partial charge < -0.3 is 15.2 Å². The van der Waals surface area contributed by atoms with Crippen LogP contribution in [0.1, 0.15) is 45.1 Å². The topological polar surface area (TPSA) is 41.5 Å². The monoisotopic (exact) mass is 291 g/mol. The zero-order valence-corrected chi connectivity index (χ0v) is 13.3. The maximum Gasteiger partial charge on any atom is 0.0945 e. The summed E-state index contributed by atoms with van der Waals surface area (Å²) < 4.78 is 5.85. The normalized spacial score (nSPS) is 23.8. The fourth-order valence-electron chi connectivity index (χ4n) is 2.93. The van der Waals surface area contributed by atoms with Crippen molar-refractivity contribution in [3.8, 4) is 0 Å². The minimum absolute atomic E-state index is 0.340. The maximum absolute atomic E-state index is 10.0. The van der Waals surface area contributed by atoms with E-state index in [-0.39, 0.29) is 0 Å². The summed E-state index contributed by atoms with van der Waals surface area (Å²) in [6.07, 6.45) is 5.79. The molecule has 3 nitrogen and oxygen atoms in total. The number of aliphatic hydroxyl groups is 1. The van der Waals surface area contributed by atoms with Crippen molar-refractivity contribution < 1.29 is 9.84 Å². The molecule has 21 heavy (non-hydrogen) atoms. The van der Waals surface area contributed by atoms with E-state index in [0.717, 1.165) is 30.9 Å². The van der Waals surface area contributed by atoms with Crippen molar-refractivity contribution in [1.29, 1.82) is 0 Å². The molecule has 0 amide bonds. The molecule has 0 heterocycles. The van der Waals surface area contributed by atoms with E-state index in [2.05, 4.69) is 43.4 Å². The second-order valence-corrected chi connectivity index (χ2v) is 6.31. The van der Waals surface area contributed by atoms with Crippen LogP contribution in [-0.2, 0) is 11.2 Å². The highest BCUT2D eigenvalue weighted by Crippen LogP contribution is 2.25. The lowest BCUT2D eigenvalue weighted by molar-refractivity contribution is -0.0274. The molecule has 0 radical (unpaired) electrons. The zero-order valence-electron chi connectivity index (χ0n) is 13.3. The van der Waals surface area contributed by atoms with Crippen LogP contribution in [0.15, 0.2) is 24.3 Å². The number of aryl methyl sites for hydroxylation is 1. The second kappa shape index (κ2) is 8.40. The summed E-state index contributed by atoms with van der Waals surface area (Å²) in [5, 5.41) is 13.3. The van der Waals surface area contributed by atoms with Gasteiger partial charge in [0.25, 0.3) is 0 Å². The Balaban J connectivity index is 1.65. The average molecular weight is 291 g/mol. The van der Waals surface area contributed by atoms with Crippen molar-refractivity contribution >= 4 is 5.69 Å². The largest absolute Gasteiger partial charge is 0.389 e. The molecule has 1 aromatic carbocycles. The van der Waals surface area contributed by atoms with E-state index in [0.29, 0.717) is 19.3 Å². The van der Waals surface area contributed by atoms with E-state index in [1.807, 2.05) is 0 Å². The number of hydrogen-bond acceptors (Lipinski definition) is 3. The van der Waals surface area contributed by atoms with E-state index < -0.39 is 6.10 Å². The van der Waals surface area contributed by atoms with Gasteiger partial charge in [0.05, 0.1) is 18.8 Å². The van der Waals surface area contributed by atoms with Crippen LogP contribution in [-0.4, -0.2) is 30.5 Å². The van der Waals surface area contributed by atoms with Crippen LogP contribution in [0.3, 0.4) is 0 Å². The number of aliphatic hydroxyl groups excluding tert-OH is 1. The number of anilines is 1. The molecule has 3 atom stereocenters. The van der Waals surface area contributed by atoms with Gasteiger partial charge in [0.15, 0.2) is 0 Å². The highest BCUT2D eigenvalue weighted by Gasteiger charge is 2.20. The Kier molecular flexibility index (Phi) is 6.52. The standard InChI is InChI=1S/C18H29NO2/c1-3-15-7-9-16(10-8-15)19-12-17(20)13-21-18-6-4-5-14(2)11-18/h7-10,14,17-20H,3-6,11-13H2,1-2H3.